The molecule has 0 bridgehead atoms. The predicted molar refractivity (Wildman–Crippen MR) is 194 cm³/mol. The summed E-state index contributed by atoms with van der Waals surface area (Å²) in [5.74, 6) is 0. The quantitative estimate of drug-likeness (QED) is 0.193. The smallest absolute Gasteiger partial charge is 0.148 e. The number of aromatic nitrogens is 2. The summed E-state index contributed by atoms with van der Waals surface area (Å²) in [6.45, 7) is 2.20. The monoisotopic (exact) mass is 602 g/mol. The lowest BCUT2D eigenvalue weighted by atomic mass is 9.98. The van der Waals surface area contributed by atoms with Crippen LogP contribution in [-0.2, 0) is 0 Å². The fourth-order valence-electron chi connectivity index (χ4n) is 7.90. The maximum absolute atomic E-state index is 5.56. The van der Waals surface area contributed by atoms with E-state index in [1.807, 2.05) is 0 Å². The first kappa shape index (κ1) is 26.2. The molecule has 10 rings (SSSR count). The summed E-state index contributed by atoms with van der Waals surface area (Å²) in [4.78, 5) is 10.8. The van der Waals surface area contributed by atoms with Gasteiger partial charge in [0.25, 0.3) is 0 Å². The van der Waals surface area contributed by atoms with Crippen LogP contribution >= 0.6 is 0 Å². The van der Waals surface area contributed by atoms with Gasteiger partial charge in [-0.3, -0.25) is 9.98 Å². The Labute approximate surface area is 271 Å². The molecule has 1 aliphatic heterocycles. The third-order valence-corrected chi connectivity index (χ3v) is 9.88. The molecule has 7 aromatic carbocycles. The molecule has 2 aromatic heterocycles. The largest absolute Gasteiger partial charge is 0.314 e. The molecule has 0 saturated carbocycles. The van der Waals surface area contributed by atoms with E-state index >= 15 is 0 Å². The highest BCUT2D eigenvalue weighted by atomic mass is 15.2. The highest BCUT2D eigenvalue weighted by Crippen LogP contribution is 2.47. The van der Waals surface area contributed by atoms with Gasteiger partial charge < -0.3 is 9.13 Å². The molecule has 3 heterocycles. The molecule has 47 heavy (non-hydrogen) atoms. The minimum absolute atomic E-state index is 0.0693. The van der Waals surface area contributed by atoms with E-state index in [1.165, 1.54) is 59.9 Å². The highest BCUT2D eigenvalue weighted by Gasteiger charge is 2.29. The summed E-state index contributed by atoms with van der Waals surface area (Å²) in [5.41, 5.74) is 8.23. The maximum atomic E-state index is 5.56. The summed E-state index contributed by atoms with van der Waals surface area (Å²) in [7, 11) is 0. The van der Waals surface area contributed by atoms with E-state index in [0.717, 1.165) is 22.0 Å². The molecule has 9 aromatic rings. The Bertz CT molecular complexity index is 2810. The molecule has 2 atom stereocenters. The third-order valence-electron chi connectivity index (χ3n) is 9.88. The second kappa shape index (κ2) is 10.0. The van der Waals surface area contributed by atoms with Gasteiger partial charge in [0.05, 0.1) is 38.8 Å². The van der Waals surface area contributed by atoms with Crippen molar-refractivity contribution in [2.24, 2.45) is 9.98 Å². The Kier molecular flexibility index (Phi) is 5.58. The second-order valence-corrected chi connectivity index (χ2v) is 12.5. The van der Waals surface area contributed by atoms with Gasteiger partial charge in [-0.1, -0.05) is 115 Å². The zero-order valence-corrected chi connectivity index (χ0v) is 25.9. The number of hydrogen-bond acceptors (Lipinski definition) is 2. The minimum atomic E-state index is -0.234. The van der Waals surface area contributed by atoms with Crippen LogP contribution in [0.15, 0.2) is 162 Å². The van der Waals surface area contributed by atoms with E-state index in [2.05, 4.69) is 168 Å². The van der Waals surface area contributed by atoms with Gasteiger partial charge in [0, 0.05) is 27.2 Å². The zero-order valence-electron chi connectivity index (χ0n) is 25.9. The maximum Gasteiger partial charge on any atom is 0.148 e. The molecule has 4 heteroatoms. The summed E-state index contributed by atoms with van der Waals surface area (Å²) in [6.07, 6.45) is -0.234. The number of rotatable bonds is 3. The van der Waals surface area contributed by atoms with Crippen molar-refractivity contribution < 1.29 is 0 Å². The minimum Gasteiger partial charge on any atom is -0.314 e. The average Bonchev–Trinajstić information content (AvgIpc) is 3.66. The van der Waals surface area contributed by atoms with Crippen LogP contribution in [0, 0.1) is 0 Å². The first-order valence-corrected chi connectivity index (χ1v) is 16.3. The van der Waals surface area contributed by atoms with Crippen molar-refractivity contribution in [1.82, 2.24) is 9.13 Å². The SMILES string of the molecule is CC1N=c2ccc(-c3ccccc3)cc2=NC1n1c2ccccc2c2c3ccccc3c3c4ccccc4n(-c4ccccc4)c3c21. The van der Waals surface area contributed by atoms with Crippen LogP contribution in [-0.4, -0.2) is 15.2 Å². The molecule has 2 unspecified atom stereocenters. The molecule has 0 fully saturated rings. The van der Waals surface area contributed by atoms with E-state index in [1.54, 1.807) is 0 Å². The van der Waals surface area contributed by atoms with Gasteiger partial charge >= 0.3 is 0 Å². The van der Waals surface area contributed by atoms with E-state index < -0.39 is 0 Å². The van der Waals surface area contributed by atoms with Crippen LogP contribution in [0.2, 0.25) is 0 Å². The number of benzene rings is 7. The van der Waals surface area contributed by atoms with E-state index in [0.29, 0.717) is 0 Å². The van der Waals surface area contributed by atoms with Crippen LogP contribution in [0.3, 0.4) is 0 Å². The number of nitrogens with zero attached hydrogens (tertiary/aromatic N) is 4. The molecule has 0 saturated heterocycles. The van der Waals surface area contributed by atoms with Crippen LogP contribution in [0.1, 0.15) is 13.1 Å². The van der Waals surface area contributed by atoms with Crippen molar-refractivity contribution in [2.45, 2.75) is 19.1 Å². The Hall–Kier alpha value is -6.00. The lowest BCUT2D eigenvalue weighted by Crippen LogP contribution is -2.36. The topological polar surface area (TPSA) is 34.6 Å². The van der Waals surface area contributed by atoms with Crippen LogP contribution in [0.25, 0.3) is 71.2 Å². The summed E-state index contributed by atoms with van der Waals surface area (Å²) < 4.78 is 4.95. The molecule has 4 nitrogen and oxygen atoms in total. The summed E-state index contributed by atoms with van der Waals surface area (Å²) in [6, 6.07) is 54.3. The van der Waals surface area contributed by atoms with Gasteiger partial charge in [0.1, 0.15) is 6.17 Å². The molecule has 0 aliphatic carbocycles. The van der Waals surface area contributed by atoms with E-state index in [9.17, 15) is 0 Å². The van der Waals surface area contributed by atoms with Crippen molar-refractivity contribution in [3.05, 3.63) is 162 Å². The van der Waals surface area contributed by atoms with Gasteiger partial charge in [0.2, 0.25) is 0 Å². The van der Waals surface area contributed by atoms with Gasteiger partial charge in [-0.2, -0.15) is 0 Å². The van der Waals surface area contributed by atoms with Gasteiger partial charge in [-0.15, -0.1) is 0 Å². The fourth-order valence-corrected chi connectivity index (χ4v) is 7.90. The molecule has 0 N–H and O–H groups in total. The Morgan fingerprint density at radius 3 is 1.77 bits per heavy atom. The van der Waals surface area contributed by atoms with Crippen molar-refractivity contribution in [2.75, 3.05) is 0 Å². The first-order valence-electron chi connectivity index (χ1n) is 16.3. The second-order valence-electron chi connectivity index (χ2n) is 12.5. The normalized spacial score (nSPS) is 16.1. The summed E-state index contributed by atoms with van der Waals surface area (Å²) >= 11 is 0. The van der Waals surface area contributed by atoms with E-state index in [4.69, 9.17) is 9.98 Å². The predicted octanol–water partition coefficient (Wildman–Crippen LogP) is 9.55. The lowest BCUT2D eigenvalue weighted by molar-refractivity contribution is 0.441. The standard InChI is InChI=1S/C43H30N4/c1-27-43(45-36-26-29(24-25-35(36)44-27)28-14-4-2-5-15-28)47-38-23-13-11-21-34(38)40-32-19-9-8-18-31(32)39-33-20-10-12-22-37(33)46(41(39)42(40)47)30-16-6-3-7-17-30/h2-27,43H,1H3. The van der Waals surface area contributed by atoms with Crippen molar-refractivity contribution in [1.29, 1.82) is 0 Å². The van der Waals surface area contributed by atoms with E-state index in [-0.39, 0.29) is 12.2 Å². The lowest BCUT2D eigenvalue weighted by Gasteiger charge is -2.24. The van der Waals surface area contributed by atoms with Crippen molar-refractivity contribution in [3.8, 4) is 16.8 Å². The zero-order chi connectivity index (χ0) is 31.1. The van der Waals surface area contributed by atoms with Crippen LogP contribution < -0.4 is 10.7 Å². The average molecular weight is 603 g/mol. The number of para-hydroxylation sites is 3. The van der Waals surface area contributed by atoms with Gasteiger partial charge in [-0.05, 0) is 65.2 Å². The van der Waals surface area contributed by atoms with Gasteiger partial charge in [-0.25, -0.2) is 0 Å². The molecular weight excluding hydrogens is 573 g/mol. The Balaban J connectivity index is 1.40. The number of hydrogen-bond donors (Lipinski definition) is 0. The van der Waals surface area contributed by atoms with Crippen molar-refractivity contribution >= 4 is 54.4 Å². The fraction of sp³-hybridized carbons (Fsp3) is 0.0698. The third kappa shape index (κ3) is 3.76. The Morgan fingerprint density at radius 2 is 1.04 bits per heavy atom. The van der Waals surface area contributed by atoms with Crippen molar-refractivity contribution in [3.63, 3.8) is 0 Å². The molecule has 0 spiro atoms. The Morgan fingerprint density at radius 1 is 0.468 bits per heavy atom. The summed E-state index contributed by atoms with van der Waals surface area (Å²) in [5, 5.41) is 9.41. The number of fused-ring (bicyclic) bond motifs is 11. The van der Waals surface area contributed by atoms with Crippen LogP contribution in [0.5, 0.6) is 0 Å². The van der Waals surface area contributed by atoms with Crippen LogP contribution in [0.4, 0.5) is 0 Å². The molecular formula is C43H30N4. The first-order chi connectivity index (χ1) is 23.3. The molecule has 0 amide bonds. The molecule has 0 radical (unpaired) electrons. The molecule has 1 aliphatic rings. The van der Waals surface area contributed by atoms with Gasteiger partial charge in [0.15, 0.2) is 0 Å². The highest BCUT2D eigenvalue weighted by molar-refractivity contribution is 6.36. The molecule has 222 valence electrons.